The fourth-order valence-electron chi connectivity index (χ4n) is 3.53. The summed E-state index contributed by atoms with van der Waals surface area (Å²) in [6.45, 7) is 3.77. The summed E-state index contributed by atoms with van der Waals surface area (Å²) >= 11 is 0. The second-order valence-electron chi connectivity index (χ2n) is 7.16. The Morgan fingerprint density at radius 3 is 2.59 bits per heavy atom. The van der Waals surface area contributed by atoms with Gasteiger partial charge in [0.15, 0.2) is 17.6 Å². The number of esters is 1. The number of ether oxygens (including phenoxy) is 3. The van der Waals surface area contributed by atoms with Crippen molar-refractivity contribution < 1.29 is 23.8 Å². The molecule has 0 aliphatic heterocycles. The Morgan fingerprint density at radius 1 is 1.19 bits per heavy atom. The van der Waals surface area contributed by atoms with E-state index >= 15 is 0 Å². The van der Waals surface area contributed by atoms with Crippen molar-refractivity contribution >= 4 is 11.9 Å². The molecule has 1 saturated carbocycles. The van der Waals surface area contributed by atoms with Gasteiger partial charge in [0.1, 0.15) is 0 Å². The SMILES string of the molecule is COc1cccc(CCC(=O)OC(C)C(=O)NC2CCCCC2C)c1OC. The van der Waals surface area contributed by atoms with E-state index in [1.807, 2.05) is 12.1 Å². The van der Waals surface area contributed by atoms with Crippen molar-refractivity contribution in [3.05, 3.63) is 23.8 Å². The highest BCUT2D eigenvalue weighted by Crippen LogP contribution is 2.31. The van der Waals surface area contributed by atoms with Gasteiger partial charge in [0.25, 0.3) is 5.91 Å². The minimum atomic E-state index is -0.793. The number of para-hydroxylation sites is 1. The third kappa shape index (κ3) is 5.88. The summed E-state index contributed by atoms with van der Waals surface area (Å²) < 4.78 is 16.0. The molecule has 27 heavy (non-hydrogen) atoms. The van der Waals surface area contributed by atoms with Crippen LogP contribution in [0.15, 0.2) is 18.2 Å². The van der Waals surface area contributed by atoms with Crippen molar-refractivity contribution in [3.63, 3.8) is 0 Å². The fourth-order valence-corrected chi connectivity index (χ4v) is 3.53. The van der Waals surface area contributed by atoms with Gasteiger partial charge in [-0.05, 0) is 43.7 Å². The molecule has 6 heteroatoms. The van der Waals surface area contributed by atoms with Crippen LogP contribution in [0.4, 0.5) is 0 Å². The molecule has 0 radical (unpaired) electrons. The third-order valence-electron chi connectivity index (χ3n) is 5.20. The molecule has 1 N–H and O–H groups in total. The smallest absolute Gasteiger partial charge is 0.306 e. The van der Waals surface area contributed by atoms with Crippen molar-refractivity contribution in [1.82, 2.24) is 5.32 Å². The first-order valence-corrected chi connectivity index (χ1v) is 9.66. The van der Waals surface area contributed by atoms with Crippen LogP contribution in [-0.2, 0) is 20.7 Å². The molecule has 6 nitrogen and oxygen atoms in total. The molecule has 0 aromatic heterocycles. The number of amides is 1. The fraction of sp³-hybridized carbons (Fsp3) is 0.619. The van der Waals surface area contributed by atoms with Crippen LogP contribution in [0.25, 0.3) is 0 Å². The Morgan fingerprint density at radius 2 is 1.93 bits per heavy atom. The van der Waals surface area contributed by atoms with Crippen LogP contribution in [0.1, 0.15) is 51.5 Å². The number of hydrogen-bond acceptors (Lipinski definition) is 5. The van der Waals surface area contributed by atoms with Gasteiger partial charge >= 0.3 is 5.97 Å². The van der Waals surface area contributed by atoms with E-state index in [0.29, 0.717) is 23.8 Å². The second-order valence-corrected chi connectivity index (χ2v) is 7.16. The molecule has 1 aromatic rings. The third-order valence-corrected chi connectivity index (χ3v) is 5.20. The first kappa shape index (κ1) is 21.1. The Labute approximate surface area is 161 Å². The highest BCUT2D eigenvalue weighted by atomic mass is 16.5. The number of hydrogen-bond donors (Lipinski definition) is 1. The molecule has 0 saturated heterocycles. The quantitative estimate of drug-likeness (QED) is 0.704. The van der Waals surface area contributed by atoms with Gasteiger partial charge in [0.05, 0.1) is 14.2 Å². The lowest BCUT2D eigenvalue weighted by Gasteiger charge is -2.30. The van der Waals surface area contributed by atoms with Crippen LogP contribution in [0.3, 0.4) is 0 Å². The second kappa shape index (κ2) is 10.2. The molecule has 1 fully saturated rings. The number of aryl methyl sites for hydroxylation is 1. The van der Waals surface area contributed by atoms with Gasteiger partial charge in [0.2, 0.25) is 0 Å². The zero-order valence-electron chi connectivity index (χ0n) is 16.7. The number of methoxy groups -OCH3 is 2. The molecule has 1 aliphatic rings. The van der Waals surface area contributed by atoms with Crippen molar-refractivity contribution in [2.45, 2.75) is 64.5 Å². The normalized spacial score (nSPS) is 20.4. The van der Waals surface area contributed by atoms with Crippen molar-refractivity contribution in [3.8, 4) is 11.5 Å². The maximum absolute atomic E-state index is 12.3. The first-order valence-electron chi connectivity index (χ1n) is 9.66. The zero-order valence-corrected chi connectivity index (χ0v) is 16.7. The number of benzene rings is 1. The summed E-state index contributed by atoms with van der Waals surface area (Å²) in [5, 5.41) is 3.03. The average molecular weight is 377 g/mol. The monoisotopic (exact) mass is 377 g/mol. The Bertz CT molecular complexity index is 645. The molecule has 3 unspecified atom stereocenters. The number of carbonyl (C=O) groups is 2. The van der Waals surface area contributed by atoms with Crippen molar-refractivity contribution in [2.24, 2.45) is 5.92 Å². The van der Waals surface area contributed by atoms with Gasteiger partial charge in [-0.15, -0.1) is 0 Å². The molecule has 1 aromatic carbocycles. The first-order chi connectivity index (χ1) is 13.0. The minimum absolute atomic E-state index is 0.168. The van der Waals surface area contributed by atoms with E-state index in [0.717, 1.165) is 24.8 Å². The molecular weight excluding hydrogens is 346 g/mol. The van der Waals surface area contributed by atoms with Crippen LogP contribution in [-0.4, -0.2) is 38.2 Å². The molecule has 150 valence electrons. The summed E-state index contributed by atoms with van der Waals surface area (Å²) in [7, 11) is 3.14. The zero-order chi connectivity index (χ0) is 19.8. The van der Waals surface area contributed by atoms with Gasteiger partial charge in [-0.3, -0.25) is 9.59 Å². The Balaban J connectivity index is 1.83. The van der Waals surface area contributed by atoms with Gasteiger partial charge in [-0.2, -0.15) is 0 Å². The van der Waals surface area contributed by atoms with Gasteiger partial charge < -0.3 is 19.5 Å². The molecule has 1 aliphatic carbocycles. The standard InChI is InChI=1S/C21H31NO5/c1-14-8-5-6-10-17(14)22-21(24)15(2)27-19(23)13-12-16-9-7-11-18(25-3)20(16)26-4/h7,9,11,14-15,17H,5-6,8,10,12-13H2,1-4H3,(H,22,24). The van der Waals surface area contributed by atoms with Gasteiger partial charge in [-0.1, -0.05) is 31.9 Å². The van der Waals surface area contributed by atoms with E-state index in [-0.39, 0.29) is 18.4 Å². The summed E-state index contributed by atoms with van der Waals surface area (Å²) in [5.74, 6) is 1.08. The van der Waals surface area contributed by atoms with Crippen LogP contribution < -0.4 is 14.8 Å². The Kier molecular flexibility index (Phi) is 7.95. The lowest BCUT2D eigenvalue weighted by molar-refractivity contribution is -0.155. The van der Waals surface area contributed by atoms with Crippen LogP contribution in [0.5, 0.6) is 11.5 Å². The average Bonchev–Trinajstić information content (AvgIpc) is 2.67. The van der Waals surface area contributed by atoms with Gasteiger partial charge in [-0.25, -0.2) is 0 Å². The molecule has 0 spiro atoms. The minimum Gasteiger partial charge on any atom is -0.493 e. The van der Waals surface area contributed by atoms with Crippen LogP contribution in [0.2, 0.25) is 0 Å². The molecule has 3 atom stereocenters. The molecule has 1 amide bonds. The number of nitrogens with one attached hydrogen (secondary N) is 1. The molecule has 0 heterocycles. The van der Waals surface area contributed by atoms with Crippen molar-refractivity contribution in [2.75, 3.05) is 14.2 Å². The van der Waals surface area contributed by atoms with E-state index in [1.165, 1.54) is 6.42 Å². The summed E-state index contributed by atoms with van der Waals surface area (Å²) in [5.41, 5.74) is 0.863. The Hall–Kier alpha value is -2.24. The maximum Gasteiger partial charge on any atom is 0.306 e. The van der Waals surface area contributed by atoms with Crippen LogP contribution >= 0.6 is 0 Å². The lowest BCUT2D eigenvalue weighted by atomic mass is 9.86. The summed E-state index contributed by atoms with van der Waals surface area (Å²) in [4.78, 5) is 24.5. The maximum atomic E-state index is 12.3. The summed E-state index contributed by atoms with van der Waals surface area (Å²) in [6, 6.07) is 5.71. The number of rotatable bonds is 8. The van der Waals surface area contributed by atoms with Gasteiger partial charge in [0, 0.05) is 12.5 Å². The van der Waals surface area contributed by atoms with E-state index in [9.17, 15) is 9.59 Å². The highest BCUT2D eigenvalue weighted by Gasteiger charge is 2.26. The summed E-state index contributed by atoms with van der Waals surface area (Å²) in [6.07, 6.45) is 4.29. The van der Waals surface area contributed by atoms with E-state index < -0.39 is 12.1 Å². The van der Waals surface area contributed by atoms with Crippen molar-refractivity contribution in [1.29, 1.82) is 0 Å². The predicted octanol–water partition coefficient (Wildman–Crippen LogP) is 3.26. The predicted molar refractivity (Wildman–Crippen MR) is 103 cm³/mol. The number of carbonyl (C=O) groups excluding carboxylic acids is 2. The van der Waals surface area contributed by atoms with E-state index in [2.05, 4.69) is 12.2 Å². The highest BCUT2D eigenvalue weighted by molar-refractivity contribution is 5.83. The topological polar surface area (TPSA) is 73.9 Å². The largest absolute Gasteiger partial charge is 0.493 e. The molecule has 2 rings (SSSR count). The molecule has 0 bridgehead atoms. The lowest BCUT2D eigenvalue weighted by Crippen LogP contribution is -2.46. The molecular formula is C21H31NO5. The van der Waals surface area contributed by atoms with E-state index in [4.69, 9.17) is 14.2 Å². The van der Waals surface area contributed by atoms with Crippen LogP contribution in [0, 0.1) is 5.92 Å². The van der Waals surface area contributed by atoms with E-state index in [1.54, 1.807) is 27.2 Å².